The molecule has 1 aliphatic carbocycles. The molecule has 0 saturated heterocycles. The second-order valence-corrected chi connectivity index (χ2v) is 13.2. The van der Waals surface area contributed by atoms with Gasteiger partial charge in [0, 0.05) is 16.2 Å². The van der Waals surface area contributed by atoms with Crippen LogP contribution >= 0.6 is 0 Å². The molecule has 49 heavy (non-hydrogen) atoms. The summed E-state index contributed by atoms with van der Waals surface area (Å²) in [7, 11) is 0. The topological polar surface area (TPSA) is 25.8 Å². The monoisotopic (exact) mass is 807 g/mol. The molecule has 0 atom stereocenters. The van der Waals surface area contributed by atoms with E-state index < -0.39 is 5.41 Å². The molecular formula is C46H32N2Pt. The molecule has 0 unspecified atom stereocenters. The fraction of sp³-hybridized carbons (Fsp3) is 0.0870. The Hall–Kier alpha value is -5.17. The van der Waals surface area contributed by atoms with Crippen molar-refractivity contribution in [3.05, 3.63) is 203 Å². The summed E-state index contributed by atoms with van der Waals surface area (Å²) in [4.78, 5) is 11.4. The summed E-state index contributed by atoms with van der Waals surface area (Å²) >= 11 is 0. The molecular weight excluding hydrogens is 776 g/mol. The van der Waals surface area contributed by atoms with Gasteiger partial charge in [-0.25, -0.2) is 0 Å². The van der Waals surface area contributed by atoms with Crippen molar-refractivity contribution in [2.24, 2.45) is 0 Å². The van der Waals surface area contributed by atoms with Crippen molar-refractivity contribution in [3.8, 4) is 22.5 Å². The second kappa shape index (κ2) is 12.1. The summed E-state index contributed by atoms with van der Waals surface area (Å²) in [6.45, 7) is 4.69. The van der Waals surface area contributed by atoms with Gasteiger partial charge in [0.15, 0.2) is 0 Å². The Kier molecular flexibility index (Phi) is 7.66. The van der Waals surface area contributed by atoms with Gasteiger partial charge >= 0.3 is 21.1 Å². The minimum absolute atomic E-state index is 0. The van der Waals surface area contributed by atoms with E-state index in [1.54, 1.807) is 0 Å². The number of fused-ring (bicyclic) bond motifs is 4. The third-order valence-electron chi connectivity index (χ3n) is 10.2. The third kappa shape index (κ3) is 4.73. The van der Waals surface area contributed by atoms with Crippen LogP contribution in [0, 0.1) is 12.1 Å². The van der Waals surface area contributed by atoms with E-state index in [0.29, 0.717) is 0 Å². The summed E-state index contributed by atoms with van der Waals surface area (Å²) < 4.78 is 0. The molecule has 8 aromatic rings. The van der Waals surface area contributed by atoms with E-state index in [4.69, 9.17) is 9.97 Å². The number of hydrogen-bond acceptors (Lipinski definition) is 2. The number of aromatic nitrogens is 2. The summed E-state index contributed by atoms with van der Waals surface area (Å²) in [6.07, 6.45) is 0. The first-order chi connectivity index (χ1) is 23.6. The van der Waals surface area contributed by atoms with E-state index in [2.05, 4.69) is 159 Å². The molecule has 0 spiro atoms. The van der Waals surface area contributed by atoms with Crippen LogP contribution in [0.2, 0.25) is 0 Å². The zero-order valence-electron chi connectivity index (χ0n) is 27.2. The van der Waals surface area contributed by atoms with Crippen LogP contribution < -0.4 is 0 Å². The smallest absolute Gasteiger partial charge is 0.299 e. The normalized spacial score (nSPS) is 14.1. The molecule has 0 radical (unpaired) electrons. The molecule has 0 bridgehead atoms. The Morgan fingerprint density at radius 1 is 0.449 bits per heavy atom. The first-order valence-electron chi connectivity index (χ1n) is 16.5. The number of pyridine rings is 2. The first-order valence-corrected chi connectivity index (χ1v) is 16.5. The predicted molar refractivity (Wildman–Crippen MR) is 196 cm³/mol. The van der Waals surface area contributed by atoms with Crippen molar-refractivity contribution in [2.75, 3.05) is 0 Å². The van der Waals surface area contributed by atoms with Crippen LogP contribution in [0.4, 0.5) is 0 Å². The van der Waals surface area contributed by atoms with E-state index in [1.165, 1.54) is 22.3 Å². The SMILES string of the molecule is CC1(C)c2ccccc2C(c2nc(-c3[c-]cccc3)cc3ccccc23)(c2nc(-c3[c-]cccc3)cc3ccccc23)c2ccccc21.[Pt+2]. The molecule has 2 nitrogen and oxygen atoms in total. The Morgan fingerprint density at radius 3 is 1.27 bits per heavy atom. The van der Waals surface area contributed by atoms with Crippen LogP contribution in [0.1, 0.15) is 47.5 Å². The number of benzene rings is 6. The molecule has 3 heteroatoms. The van der Waals surface area contributed by atoms with Gasteiger partial charge in [-0.1, -0.05) is 123 Å². The molecule has 236 valence electrons. The van der Waals surface area contributed by atoms with Crippen LogP contribution in [0.3, 0.4) is 0 Å². The molecule has 6 aromatic carbocycles. The number of hydrogen-bond donors (Lipinski definition) is 0. The first kappa shape index (κ1) is 31.1. The zero-order valence-corrected chi connectivity index (χ0v) is 29.5. The molecule has 0 amide bonds. The summed E-state index contributed by atoms with van der Waals surface area (Å²) in [6, 6.07) is 62.8. The van der Waals surface area contributed by atoms with E-state index in [-0.39, 0.29) is 26.5 Å². The second-order valence-electron chi connectivity index (χ2n) is 13.2. The fourth-order valence-electron chi connectivity index (χ4n) is 7.97. The molecule has 2 aromatic heterocycles. The van der Waals surface area contributed by atoms with Crippen LogP contribution in [-0.4, -0.2) is 9.97 Å². The van der Waals surface area contributed by atoms with Crippen molar-refractivity contribution in [1.29, 1.82) is 0 Å². The van der Waals surface area contributed by atoms with E-state index in [0.717, 1.165) is 55.4 Å². The van der Waals surface area contributed by atoms with Crippen molar-refractivity contribution >= 4 is 21.5 Å². The van der Waals surface area contributed by atoms with E-state index >= 15 is 0 Å². The van der Waals surface area contributed by atoms with Gasteiger partial charge in [0.1, 0.15) is 5.41 Å². The van der Waals surface area contributed by atoms with Gasteiger partial charge in [-0.05, 0) is 44.4 Å². The molecule has 1 aliphatic rings. The van der Waals surface area contributed by atoms with Gasteiger partial charge in [0.05, 0.1) is 11.4 Å². The zero-order chi connectivity index (χ0) is 32.3. The average Bonchev–Trinajstić information content (AvgIpc) is 3.15. The minimum atomic E-state index is -0.864. The van der Waals surface area contributed by atoms with E-state index in [9.17, 15) is 0 Å². The third-order valence-corrected chi connectivity index (χ3v) is 10.2. The summed E-state index contributed by atoms with van der Waals surface area (Å²) in [5.74, 6) is 0. The average molecular weight is 808 g/mol. The summed E-state index contributed by atoms with van der Waals surface area (Å²) in [5, 5.41) is 4.46. The Labute approximate surface area is 301 Å². The van der Waals surface area contributed by atoms with E-state index in [1.807, 2.05) is 24.3 Å². The Bertz CT molecular complexity index is 2310. The molecule has 0 saturated carbocycles. The van der Waals surface area contributed by atoms with Gasteiger partial charge in [-0.15, -0.1) is 71.8 Å². The molecule has 2 heterocycles. The quantitative estimate of drug-likeness (QED) is 0.166. The van der Waals surface area contributed by atoms with Gasteiger partial charge in [0.2, 0.25) is 0 Å². The largest absolute Gasteiger partial charge is 2.00 e. The summed E-state index contributed by atoms with van der Waals surface area (Å²) in [5.41, 5.74) is 9.47. The van der Waals surface area contributed by atoms with Crippen LogP contribution in [0.15, 0.2) is 158 Å². The Balaban J connectivity index is 0.00000348. The van der Waals surface area contributed by atoms with Gasteiger partial charge < -0.3 is 0 Å². The standard InChI is InChI=1S/C46H32N2.Pt/c1-45(2)37-25-13-15-27-39(37)46(40-28-16-14-26-38(40)45,43-35-23-11-9-21-33(35)29-41(47-43)31-17-5-3-6-18-31)44-36-24-12-10-22-34(36)30-42(48-44)32-19-7-4-8-20-32;/h3-17,19,21-30H,1-2H3;/q-2;+2. The van der Waals surface area contributed by atoms with Crippen LogP contribution in [0.5, 0.6) is 0 Å². The molecule has 0 aliphatic heterocycles. The fourth-order valence-corrected chi connectivity index (χ4v) is 7.97. The van der Waals surface area contributed by atoms with Crippen molar-refractivity contribution in [3.63, 3.8) is 0 Å². The maximum Gasteiger partial charge on any atom is 2.00 e. The van der Waals surface area contributed by atoms with Crippen LogP contribution in [0.25, 0.3) is 44.1 Å². The molecule has 9 rings (SSSR count). The van der Waals surface area contributed by atoms with Crippen LogP contribution in [-0.2, 0) is 31.9 Å². The number of rotatable bonds is 4. The molecule has 0 fully saturated rings. The number of nitrogens with zero attached hydrogens (tertiary/aromatic N) is 2. The maximum absolute atomic E-state index is 5.72. The minimum Gasteiger partial charge on any atom is -0.299 e. The van der Waals surface area contributed by atoms with Crippen molar-refractivity contribution < 1.29 is 21.1 Å². The van der Waals surface area contributed by atoms with Crippen molar-refractivity contribution in [2.45, 2.75) is 24.7 Å². The van der Waals surface area contributed by atoms with Gasteiger partial charge in [-0.3, -0.25) is 9.97 Å². The predicted octanol–water partition coefficient (Wildman–Crippen LogP) is 10.7. The van der Waals surface area contributed by atoms with Gasteiger partial charge in [0.25, 0.3) is 0 Å². The van der Waals surface area contributed by atoms with Gasteiger partial charge in [-0.2, -0.15) is 0 Å². The Morgan fingerprint density at radius 2 is 0.837 bits per heavy atom. The maximum atomic E-state index is 5.72. The molecule has 0 N–H and O–H groups in total. The van der Waals surface area contributed by atoms with Crippen molar-refractivity contribution in [1.82, 2.24) is 9.97 Å².